The lowest BCUT2D eigenvalue weighted by Crippen LogP contribution is -2.22. The number of para-hydroxylation sites is 2. The maximum absolute atomic E-state index is 5.28. The zero-order valence-electron chi connectivity index (χ0n) is 7.23. The molecule has 0 atom stereocenters. The van der Waals surface area contributed by atoms with Gasteiger partial charge in [-0.15, -0.1) is 0 Å². The Bertz CT molecular complexity index is 262. The van der Waals surface area contributed by atoms with Gasteiger partial charge in [0, 0.05) is 7.11 Å². The van der Waals surface area contributed by atoms with Gasteiger partial charge in [-0.25, -0.2) is 0 Å². The van der Waals surface area contributed by atoms with E-state index in [0.29, 0.717) is 11.5 Å². The first kappa shape index (κ1) is 8.34. The summed E-state index contributed by atoms with van der Waals surface area (Å²) in [6.45, 7) is -0.532. The zero-order valence-corrected chi connectivity index (χ0v) is 7.23. The average molecular weight is 182 g/mol. The predicted molar refractivity (Wildman–Crippen MR) is 44.4 cm³/mol. The summed E-state index contributed by atoms with van der Waals surface area (Å²) in [5.41, 5.74) is 0. The van der Waals surface area contributed by atoms with Gasteiger partial charge in [-0.1, -0.05) is 12.1 Å². The molecule has 4 heteroatoms. The molecule has 1 aromatic rings. The molecule has 70 valence electrons. The quantitative estimate of drug-likeness (QED) is 0.661. The third-order valence-corrected chi connectivity index (χ3v) is 1.62. The van der Waals surface area contributed by atoms with Gasteiger partial charge in [0.1, 0.15) is 0 Å². The molecule has 0 saturated heterocycles. The lowest BCUT2D eigenvalue weighted by atomic mass is 10.3. The van der Waals surface area contributed by atoms with Crippen molar-refractivity contribution in [1.29, 1.82) is 0 Å². The molecule has 1 aliphatic heterocycles. The molecule has 0 saturated carbocycles. The van der Waals surface area contributed by atoms with Gasteiger partial charge in [0.15, 0.2) is 18.3 Å². The van der Waals surface area contributed by atoms with E-state index in [1.807, 2.05) is 24.3 Å². The number of hydrogen-bond donors (Lipinski definition) is 0. The van der Waals surface area contributed by atoms with Crippen LogP contribution in [0, 0.1) is 0 Å². The molecule has 4 nitrogen and oxygen atoms in total. The minimum Gasteiger partial charge on any atom is -0.428 e. The van der Waals surface area contributed by atoms with Gasteiger partial charge in [0.25, 0.3) is 0 Å². The maximum Gasteiger partial charge on any atom is 0.363 e. The molecule has 0 unspecified atom stereocenters. The molecule has 0 radical (unpaired) electrons. The molecule has 0 fully saturated rings. The smallest absolute Gasteiger partial charge is 0.363 e. The highest BCUT2D eigenvalue weighted by Crippen LogP contribution is 2.33. The van der Waals surface area contributed by atoms with Crippen LogP contribution in [0.3, 0.4) is 0 Å². The van der Waals surface area contributed by atoms with Gasteiger partial charge in [-0.2, -0.15) is 0 Å². The fourth-order valence-electron chi connectivity index (χ4n) is 1.07. The van der Waals surface area contributed by atoms with Gasteiger partial charge >= 0.3 is 6.48 Å². The van der Waals surface area contributed by atoms with Crippen molar-refractivity contribution in [2.75, 3.05) is 13.9 Å². The van der Waals surface area contributed by atoms with Crippen LogP contribution in [0.4, 0.5) is 0 Å². The van der Waals surface area contributed by atoms with Crippen molar-refractivity contribution in [2.45, 2.75) is 6.48 Å². The Morgan fingerprint density at radius 2 is 1.85 bits per heavy atom. The SMILES string of the molecule is COCOC1Oc2ccccc2O1. The van der Waals surface area contributed by atoms with Crippen LogP contribution < -0.4 is 9.47 Å². The number of ether oxygens (including phenoxy) is 4. The number of hydrogen-bond acceptors (Lipinski definition) is 4. The second-order valence-corrected chi connectivity index (χ2v) is 2.54. The van der Waals surface area contributed by atoms with Crippen molar-refractivity contribution in [3.63, 3.8) is 0 Å². The Kier molecular flexibility index (Phi) is 2.33. The lowest BCUT2D eigenvalue weighted by Gasteiger charge is -2.09. The van der Waals surface area contributed by atoms with Gasteiger partial charge in [0.2, 0.25) is 0 Å². The van der Waals surface area contributed by atoms with Crippen LogP contribution in [-0.2, 0) is 9.47 Å². The monoisotopic (exact) mass is 182 g/mol. The van der Waals surface area contributed by atoms with E-state index >= 15 is 0 Å². The maximum atomic E-state index is 5.28. The average Bonchev–Trinajstić information content (AvgIpc) is 2.57. The number of methoxy groups -OCH3 is 1. The minimum atomic E-state index is -0.683. The van der Waals surface area contributed by atoms with Crippen LogP contribution >= 0.6 is 0 Å². The highest BCUT2D eigenvalue weighted by atomic mass is 16.9. The third-order valence-electron chi connectivity index (χ3n) is 1.62. The van der Waals surface area contributed by atoms with E-state index < -0.39 is 6.48 Å². The number of rotatable bonds is 3. The summed E-state index contributed by atoms with van der Waals surface area (Å²) in [6, 6.07) is 7.40. The molecule has 1 aromatic carbocycles. The molecule has 0 N–H and O–H groups in total. The Morgan fingerprint density at radius 1 is 1.23 bits per heavy atom. The Hall–Kier alpha value is -1.26. The summed E-state index contributed by atoms with van der Waals surface area (Å²) in [5.74, 6) is 1.40. The summed E-state index contributed by atoms with van der Waals surface area (Å²) >= 11 is 0. The van der Waals surface area contributed by atoms with Crippen molar-refractivity contribution in [3.8, 4) is 11.5 Å². The van der Waals surface area contributed by atoms with E-state index in [2.05, 4.69) is 0 Å². The van der Waals surface area contributed by atoms with Crippen molar-refractivity contribution in [3.05, 3.63) is 24.3 Å². The number of benzene rings is 1. The molecular weight excluding hydrogens is 172 g/mol. The lowest BCUT2D eigenvalue weighted by molar-refractivity contribution is -0.218. The molecule has 0 aliphatic carbocycles. The van der Waals surface area contributed by atoms with Gasteiger partial charge < -0.3 is 14.2 Å². The molecule has 1 aliphatic rings. The molecule has 0 aromatic heterocycles. The molecule has 1 heterocycles. The van der Waals surface area contributed by atoms with Crippen molar-refractivity contribution < 1.29 is 18.9 Å². The van der Waals surface area contributed by atoms with Crippen LogP contribution in [0.25, 0.3) is 0 Å². The fourth-order valence-corrected chi connectivity index (χ4v) is 1.07. The third kappa shape index (κ3) is 1.74. The zero-order chi connectivity index (χ0) is 9.10. The van der Waals surface area contributed by atoms with E-state index in [1.54, 1.807) is 7.11 Å². The summed E-state index contributed by atoms with van der Waals surface area (Å²) in [6.07, 6.45) is 0. The number of fused-ring (bicyclic) bond motifs is 1. The standard InChI is InChI=1S/C9H10O4/c1-10-6-11-9-12-7-4-2-3-5-8(7)13-9/h2-5,9H,6H2,1H3. The second kappa shape index (κ2) is 3.64. The first-order valence-electron chi connectivity index (χ1n) is 3.93. The highest BCUT2D eigenvalue weighted by Gasteiger charge is 2.23. The van der Waals surface area contributed by atoms with Gasteiger partial charge in [0.05, 0.1) is 0 Å². The van der Waals surface area contributed by atoms with Crippen molar-refractivity contribution >= 4 is 0 Å². The Morgan fingerprint density at radius 3 is 2.38 bits per heavy atom. The topological polar surface area (TPSA) is 36.9 Å². The van der Waals surface area contributed by atoms with Crippen LogP contribution in [-0.4, -0.2) is 20.4 Å². The molecular formula is C9H10O4. The molecule has 2 rings (SSSR count). The predicted octanol–water partition coefficient (Wildman–Crippen LogP) is 1.36. The van der Waals surface area contributed by atoms with Crippen molar-refractivity contribution in [2.24, 2.45) is 0 Å². The second-order valence-electron chi connectivity index (χ2n) is 2.54. The van der Waals surface area contributed by atoms with E-state index in [4.69, 9.17) is 18.9 Å². The van der Waals surface area contributed by atoms with Crippen LogP contribution in [0.2, 0.25) is 0 Å². The van der Waals surface area contributed by atoms with E-state index in [0.717, 1.165) is 0 Å². The highest BCUT2D eigenvalue weighted by molar-refractivity contribution is 5.41. The first-order valence-corrected chi connectivity index (χ1v) is 3.93. The van der Waals surface area contributed by atoms with Gasteiger partial charge in [-0.3, -0.25) is 4.74 Å². The normalized spacial score (nSPS) is 14.8. The summed E-state index contributed by atoms with van der Waals surface area (Å²) < 4.78 is 20.4. The molecule has 0 bridgehead atoms. The largest absolute Gasteiger partial charge is 0.428 e. The summed E-state index contributed by atoms with van der Waals surface area (Å²) in [7, 11) is 1.54. The summed E-state index contributed by atoms with van der Waals surface area (Å²) in [4.78, 5) is 0. The Labute approximate surface area is 76.0 Å². The van der Waals surface area contributed by atoms with Crippen LogP contribution in [0.5, 0.6) is 11.5 Å². The van der Waals surface area contributed by atoms with E-state index in [9.17, 15) is 0 Å². The first-order chi connectivity index (χ1) is 6.40. The van der Waals surface area contributed by atoms with Gasteiger partial charge in [-0.05, 0) is 12.1 Å². The van der Waals surface area contributed by atoms with Crippen LogP contribution in [0.1, 0.15) is 0 Å². The molecule has 0 amide bonds. The van der Waals surface area contributed by atoms with Crippen LogP contribution in [0.15, 0.2) is 24.3 Å². The fraction of sp³-hybridized carbons (Fsp3) is 0.333. The molecule has 0 spiro atoms. The minimum absolute atomic E-state index is 0.151. The van der Waals surface area contributed by atoms with Crippen molar-refractivity contribution in [1.82, 2.24) is 0 Å². The van der Waals surface area contributed by atoms with E-state index in [1.165, 1.54) is 0 Å². The molecule has 13 heavy (non-hydrogen) atoms. The van der Waals surface area contributed by atoms with E-state index in [-0.39, 0.29) is 6.79 Å². The summed E-state index contributed by atoms with van der Waals surface area (Å²) in [5, 5.41) is 0. The Balaban J connectivity index is 1.97.